The number of likely N-dealkylation sites (tertiary alicyclic amines) is 1. The van der Waals surface area contributed by atoms with E-state index in [0.29, 0.717) is 6.61 Å². The Kier molecular flexibility index (Phi) is 6.36. The SMILES string of the molecule is CC(OCC1(c2ccc(F)cc2)CCN(C)CC1)c1cc(N2CCOCC2)cc2cn[nH]c12. The van der Waals surface area contributed by atoms with Crippen molar-refractivity contribution in [1.29, 1.82) is 0 Å². The molecule has 3 aromatic rings. The smallest absolute Gasteiger partial charge is 0.123 e. The van der Waals surface area contributed by atoms with E-state index in [1.807, 2.05) is 18.3 Å². The molecule has 3 heterocycles. The summed E-state index contributed by atoms with van der Waals surface area (Å²) in [4.78, 5) is 4.72. The van der Waals surface area contributed by atoms with Gasteiger partial charge in [0.2, 0.25) is 0 Å². The van der Waals surface area contributed by atoms with Crippen LogP contribution in [-0.4, -0.2) is 68.1 Å². The Morgan fingerprint density at radius 2 is 1.85 bits per heavy atom. The molecule has 5 rings (SSSR count). The molecule has 1 N–H and O–H groups in total. The number of hydrogen-bond donors (Lipinski definition) is 1. The lowest BCUT2D eigenvalue weighted by Gasteiger charge is -2.41. The number of rotatable bonds is 6. The largest absolute Gasteiger partial charge is 0.378 e. The van der Waals surface area contributed by atoms with Crippen LogP contribution in [-0.2, 0) is 14.9 Å². The number of aromatic amines is 1. The van der Waals surface area contributed by atoms with Crippen molar-refractivity contribution in [1.82, 2.24) is 15.1 Å². The first-order valence-corrected chi connectivity index (χ1v) is 11.9. The molecular formula is C26H33FN4O2. The number of hydrogen-bond acceptors (Lipinski definition) is 5. The number of morpholine rings is 1. The van der Waals surface area contributed by atoms with E-state index in [-0.39, 0.29) is 17.3 Å². The first-order valence-electron chi connectivity index (χ1n) is 11.9. The van der Waals surface area contributed by atoms with Gasteiger partial charge in [-0.3, -0.25) is 5.10 Å². The molecule has 2 fully saturated rings. The Hall–Kier alpha value is -2.48. The van der Waals surface area contributed by atoms with Crippen molar-refractivity contribution < 1.29 is 13.9 Å². The zero-order valence-corrected chi connectivity index (χ0v) is 19.5. The highest BCUT2D eigenvalue weighted by molar-refractivity contribution is 5.85. The van der Waals surface area contributed by atoms with E-state index in [1.165, 1.54) is 5.69 Å². The topological polar surface area (TPSA) is 53.6 Å². The monoisotopic (exact) mass is 452 g/mol. The molecule has 1 aromatic heterocycles. The van der Waals surface area contributed by atoms with Crippen molar-refractivity contribution in [3.8, 4) is 0 Å². The number of H-pyrrole nitrogens is 1. The number of nitrogens with zero attached hydrogens (tertiary/aromatic N) is 3. The average molecular weight is 453 g/mol. The molecular weight excluding hydrogens is 419 g/mol. The minimum absolute atomic E-state index is 0.106. The Morgan fingerprint density at radius 1 is 1.12 bits per heavy atom. The second kappa shape index (κ2) is 9.41. The van der Waals surface area contributed by atoms with Crippen molar-refractivity contribution in [2.75, 3.05) is 57.9 Å². The predicted molar refractivity (Wildman–Crippen MR) is 128 cm³/mol. The summed E-state index contributed by atoms with van der Waals surface area (Å²) < 4.78 is 25.8. The van der Waals surface area contributed by atoms with Crippen LogP contribution in [0.1, 0.15) is 37.0 Å². The van der Waals surface area contributed by atoms with Gasteiger partial charge in [0.15, 0.2) is 0 Å². The molecule has 0 bridgehead atoms. The maximum atomic E-state index is 13.6. The molecule has 6 nitrogen and oxygen atoms in total. The minimum Gasteiger partial charge on any atom is -0.378 e. The first kappa shape index (κ1) is 22.3. The fourth-order valence-corrected chi connectivity index (χ4v) is 5.13. The summed E-state index contributed by atoms with van der Waals surface area (Å²) in [5.74, 6) is -0.197. The number of fused-ring (bicyclic) bond motifs is 1. The number of halogens is 1. The van der Waals surface area contributed by atoms with Crippen LogP contribution in [0.4, 0.5) is 10.1 Å². The van der Waals surface area contributed by atoms with Crippen LogP contribution in [0.3, 0.4) is 0 Å². The van der Waals surface area contributed by atoms with Gasteiger partial charge in [-0.1, -0.05) is 12.1 Å². The molecule has 2 aliphatic heterocycles. The van der Waals surface area contributed by atoms with E-state index in [1.54, 1.807) is 12.1 Å². The van der Waals surface area contributed by atoms with E-state index >= 15 is 0 Å². The zero-order valence-electron chi connectivity index (χ0n) is 19.5. The normalized spacial score (nSPS) is 20.3. The highest BCUT2D eigenvalue weighted by atomic mass is 19.1. The third-order valence-electron chi connectivity index (χ3n) is 7.39. The van der Waals surface area contributed by atoms with Gasteiger partial charge in [0.05, 0.1) is 37.6 Å². The molecule has 0 spiro atoms. The summed E-state index contributed by atoms with van der Waals surface area (Å²) >= 11 is 0. The lowest BCUT2D eigenvalue weighted by molar-refractivity contribution is 0.00697. The Labute approximate surface area is 194 Å². The van der Waals surface area contributed by atoms with Gasteiger partial charge in [-0.2, -0.15) is 5.10 Å². The number of anilines is 1. The number of nitrogens with one attached hydrogen (secondary N) is 1. The maximum Gasteiger partial charge on any atom is 0.123 e. The molecule has 0 amide bonds. The van der Waals surface area contributed by atoms with Crippen molar-refractivity contribution in [3.63, 3.8) is 0 Å². The lowest BCUT2D eigenvalue weighted by Crippen LogP contribution is -2.44. The van der Waals surface area contributed by atoms with Gasteiger partial charge in [-0.25, -0.2) is 4.39 Å². The second-order valence-electron chi connectivity index (χ2n) is 9.51. The molecule has 0 aliphatic carbocycles. The highest BCUT2D eigenvalue weighted by Gasteiger charge is 2.36. The van der Waals surface area contributed by atoms with Gasteiger partial charge < -0.3 is 19.3 Å². The fourth-order valence-electron chi connectivity index (χ4n) is 5.13. The summed E-state index contributed by atoms with van der Waals surface area (Å²) in [6.45, 7) is 8.01. The molecule has 1 atom stereocenters. The van der Waals surface area contributed by atoms with Gasteiger partial charge >= 0.3 is 0 Å². The van der Waals surface area contributed by atoms with Crippen LogP contribution in [0.5, 0.6) is 0 Å². The third-order valence-corrected chi connectivity index (χ3v) is 7.39. The molecule has 0 radical (unpaired) electrons. The number of ether oxygens (including phenoxy) is 2. The number of aromatic nitrogens is 2. The third kappa shape index (κ3) is 4.63. The first-order chi connectivity index (χ1) is 16.0. The molecule has 2 saturated heterocycles. The average Bonchev–Trinajstić information content (AvgIpc) is 3.33. The van der Waals surface area contributed by atoms with E-state index in [4.69, 9.17) is 9.47 Å². The van der Waals surface area contributed by atoms with Crippen LogP contribution >= 0.6 is 0 Å². The van der Waals surface area contributed by atoms with E-state index in [9.17, 15) is 4.39 Å². The predicted octanol–water partition coefficient (Wildman–Crippen LogP) is 4.28. The number of piperidine rings is 1. The van der Waals surface area contributed by atoms with Crippen LogP contribution in [0.15, 0.2) is 42.6 Å². The van der Waals surface area contributed by atoms with Crippen LogP contribution in [0.25, 0.3) is 10.9 Å². The Balaban J connectivity index is 1.40. The van der Waals surface area contributed by atoms with E-state index in [0.717, 1.165) is 74.3 Å². The molecule has 0 saturated carbocycles. The summed E-state index contributed by atoms with van der Waals surface area (Å²) in [5.41, 5.74) is 4.39. The van der Waals surface area contributed by atoms with Crippen molar-refractivity contribution in [2.45, 2.75) is 31.3 Å². The molecule has 2 aromatic carbocycles. The minimum atomic E-state index is -0.197. The maximum absolute atomic E-state index is 13.6. The quantitative estimate of drug-likeness (QED) is 0.605. The Bertz CT molecular complexity index is 1070. The van der Waals surface area contributed by atoms with Gasteiger partial charge in [0.1, 0.15) is 5.82 Å². The summed E-state index contributed by atoms with van der Waals surface area (Å²) in [6.07, 6.45) is 3.77. The summed E-state index contributed by atoms with van der Waals surface area (Å²) in [6, 6.07) is 11.4. The van der Waals surface area contributed by atoms with Gasteiger partial charge in [0.25, 0.3) is 0 Å². The van der Waals surface area contributed by atoms with E-state index < -0.39 is 0 Å². The van der Waals surface area contributed by atoms with Crippen LogP contribution in [0, 0.1) is 5.82 Å². The summed E-state index contributed by atoms with van der Waals surface area (Å²) in [7, 11) is 2.16. The lowest BCUT2D eigenvalue weighted by atomic mass is 9.73. The Morgan fingerprint density at radius 3 is 2.58 bits per heavy atom. The van der Waals surface area contributed by atoms with Gasteiger partial charge in [0, 0.05) is 35.1 Å². The zero-order chi connectivity index (χ0) is 22.8. The van der Waals surface area contributed by atoms with E-state index in [2.05, 4.69) is 46.1 Å². The molecule has 33 heavy (non-hydrogen) atoms. The fraction of sp³-hybridized carbons (Fsp3) is 0.500. The second-order valence-corrected chi connectivity index (χ2v) is 9.51. The van der Waals surface area contributed by atoms with Crippen molar-refractivity contribution in [2.24, 2.45) is 0 Å². The van der Waals surface area contributed by atoms with Crippen LogP contribution in [0.2, 0.25) is 0 Å². The number of benzene rings is 2. The van der Waals surface area contributed by atoms with Gasteiger partial charge in [-0.15, -0.1) is 0 Å². The highest BCUT2D eigenvalue weighted by Crippen LogP contribution is 2.38. The molecule has 2 aliphatic rings. The molecule has 7 heteroatoms. The van der Waals surface area contributed by atoms with Crippen molar-refractivity contribution in [3.05, 3.63) is 59.5 Å². The van der Waals surface area contributed by atoms with Crippen LogP contribution < -0.4 is 4.90 Å². The van der Waals surface area contributed by atoms with Gasteiger partial charge in [-0.05, 0) is 69.7 Å². The molecule has 176 valence electrons. The summed E-state index contributed by atoms with van der Waals surface area (Å²) in [5, 5.41) is 8.56. The molecule has 1 unspecified atom stereocenters. The standard InChI is InChI=1S/C26H33FN4O2/c1-19(24-16-23(31-11-13-32-14-12-31)15-20-17-28-29-25(20)24)33-18-26(7-9-30(2)10-8-26)21-3-5-22(27)6-4-21/h3-6,15-17,19H,7-14,18H2,1-2H3,(H,28,29). The van der Waals surface area contributed by atoms with Crippen molar-refractivity contribution >= 4 is 16.6 Å².